The number of rotatable bonds is 6. The highest BCUT2D eigenvalue weighted by atomic mass is 16.5. The summed E-state index contributed by atoms with van der Waals surface area (Å²) in [7, 11) is 1.72. The van der Waals surface area contributed by atoms with E-state index in [4.69, 9.17) is 9.47 Å². The van der Waals surface area contributed by atoms with E-state index in [0.29, 0.717) is 12.1 Å². The molecule has 1 aliphatic carbocycles. The van der Waals surface area contributed by atoms with E-state index < -0.39 is 0 Å². The molecule has 2 aliphatic rings. The molecule has 0 spiro atoms. The average molecular weight is 304 g/mol. The predicted molar refractivity (Wildman–Crippen MR) is 88.4 cm³/mol. The first-order valence-electron chi connectivity index (χ1n) is 8.56. The van der Waals surface area contributed by atoms with Gasteiger partial charge in [-0.1, -0.05) is 25.0 Å². The molecule has 0 radical (unpaired) electrons. The molecule has 1 atom stereocenters. The molecular formula is C18H28N2O2. The van der Waals surface area contributed by atoms with Gasteiger partial charge >= 0.3 is 0 Å². The number of morpholine rings is 1. The fourth-order valence-corrected chi connectivity index (χ4v) is 3.58. The maximum atomic E-state index is 5.52. The number of ether oxygens (including phenoxy) is 2. The van der Waals surface area contributed by atoms with Crippen LogP contribution in [-0.4, -0.2) is 50.9 Å². The van der Waals surface area contributed by atoms with E-state index >= 15 is 0 Å². The molecular weight excluding hydrogens is 276 g/mol. The molecule has 1 aromatic rings. The van der Waals surface area contributed by atoms with Crippen LogP contribution in [0.5, 0.6) is 5.75 Å². The van der Waals surface area contributed by atoms with Crippen molar-refractivity contribution < 1.29 is 9.47 Å². The van der Waals surface area contributed by atoms with Crippen LogP contribution >= 0.6 is 0 Å². The van der Waals surface area contributed by atoms with Crippen LogP contribution in [0.15, 0.2) is 24.3 Å². The number of methoxy groups -OCH3 is 1. The highest BCUT2D eigenvalue weighted by molar-refractivity contribution is 5.29. The minimum absolute atomic E-state index is 0.426. The molecule has 22 heavy (non-hydrogen) atoms. The molecule has 3 rings (SSSR count). The number of nitrogens with one attached hydrogen (secondary N) is 1. The van der Waals surface area contributed by atoms with E-state index in [2.05, 4.69) is 34.5 Å². The molecule has 1 aliphatic heterocycles. The lowest BCUT2D eigenvalue weighted by Gasteiger charge is -2.35. The molecule has 0 bridgehead atoms. The van der Waals surface area contributed by atoms with Crippen LogP contribution in [0.4, 0.5) is 0 Å². The summed E-state index contributed by atoms with van der Waals surface area (Å²) in [5, 5.41) is 3.79. The van der Waals surface area contributed by atoms with Gasteiger partial charge in [0.1, 0.15) is 5.75 Å². The molecule has 0 amide bonds. The number of hydrogen-bond acceptors (Lipinski definition) is 4. The zero-order valence-electron chi connectivity index (χ0n) is 13.6. The Bertz CT molecular complexity index is 437. The van der Waals surface area contributed by atoms with E-state index in [1.807, 2.05) is 0 Å². The van der Waals surface area contributed by atoms with Gasteiger partial charge in [0.05, 0.1) is 20.3 Å². The SMILES string of the molecule is COc1ccc(C(CNC2CCCC2)N2CCOCC2)cc1. The largest absolute Gasteiger partial charge is 0.497 e. The maximum absolute atomic E-state index is 5.52. The zero-order valence-corrected chi connectivity index (χ0v) is 13.6. The Kier molecular flexibility index (Phi) is 5.70. The monoisotopic (exact) mass is 304 g/mol. The summed E-state index contributed by atoms with van der Waals surface area (Å²) in [4.78, 5) is 2.55. The van der Waals surface area contributed by atoms with Crippen molar-refractivity contribution in [2.75, 3.05) is 40.0 Å². The fourth-order valence-electron chi connectivity index (χ4n) is 3.58. The molecule has 0 aromatic heterocycles. The predicted octanol–water partition coefficient (Wildman–Crippen LogP) is 2.60. The van der Waals surface area contributed by atoms with Gasteiger partial charge in [-0.05, 0) is 30.5 Å². The van der Waals surface area contributed by atoms with Gasteiger partial charge in [0, 0.05) is 31.7 Å². The van der Waals surface area contributed by atoms with Gasteiger partial charge in [0.2, 0.25) is 0 Å². The summed E-state index contributed by atoms with van der Waals surface area (Å²) >= 11 is 0. The second-order valence-electron chi connectivity index (χ2n) is 6.33. The molecule has 2 fully saturated rings. The van der Waals surface area contributed by atoms with Crippen LogP contribution in [0.2, 0.25) is 0 Å². The second kappa shape index (κ2) is 7.95. The summed E-state index contributed by atoms with van der Waals surface area (Å²) in [5.41, 5.74) is 1.37. The van der Waals surface area contributed by atoms with E-state index in [1.165, 1.54) is 31.2 Å². The third-order valence-electron chi connectivity index (χ3n) is 4.94. The highest BCUT2D eigenvalue weighted by Gasteiger charge is 2.24. The number of benzene rings is 1. The van der Waals surface area contributed by atoms with Gasteiger partial charge in [-0.25, -0.2) is 0 Å². The first-order chi connectivity index (χ1) is 10.9. The van der Waals surface area contributed by atoms with Crippen molar-refractivity contribution >= 4 is 0 Å². The van der Waals surface area contributed by atoms with Crippen LogP contribution in [0.3, 0.4) is 0 Å². The van der Waals surface area contributed by atoms with Crippen molar-refractivity contribution in [2.45, 2.75) is 37.8 Å². The summed E-state index contributed by atoms with van der Waals surface area (Å²) in [5.74, 6) is 0.924. The van der Waals surface area contributed by atoms with Gasteiger partial charge in [0.15, 0.2) is 0 Å². The Balaban J connectivity index is 1.68. The van der Waals surface area contributed by atoms with Crippen molar-refractivity contribution in [1.82, 2.24) is 10.2 Å². The smallest absolute Gasteiger partial charge is 0.118 e. The lowest BCUT2D eigenvalue weighted by atomic mass is 10.0. The topological polar surface area (TPSA) is 33.7 Å². The molecule has 1 aromatic carbocycles. The number of hydrogen-bond donors (Lipinski definition) is 1. The Labute approximate surface area is 133 Å². The molecule has 1 saturated carbocycles. The molecule has 1 unspecified atom stereocenters. The Morgan fingerprint density at radius 2 is 1.86 bits per heavy atom. The summed E-state index contributed by atoms with van der Waals surface area (Å²) in [6, 6.07) is 9.68. The van der Waals surface area contributed by atoms with Crippen molar-refractivity contribution in [2.24, 2.45) is 0 Å². The summed E-state index contributed by atoms with van der Waals surface area (Å²) < 4.78 is 10.8. The molecule has 4 nitrogen and oxygen atoms in total. The van der Waals surface area contributed by atoms with Crippen molar-refractivity contribution in [3.63, 3.8) is 0 Å². The van der Waals surface area contributed by atoms with E-state index in [1.54, 1.807) is 7.11 Å². The van der Waals surface area contributed by atoms with Crippen molar-refractivity contribution in [3.05, 3.63) is 29.8 Å². The minimum Gasteiger partial charge on any atom is -0.497 e. The zero-order chi connectivity index (χ0) is 15.2. The molecule has 1 N–H and O–H groups in total. The van der Waals surface area contributed by atoms with Crippen LogP contribution in [-0.2, 0) is 4.74 Å². The number of nitrogens with zero attached hydrogens (tertiary/aromatic N) is 1. The summed E-state index contributed by atoms with van der Waals surface area (Å²) in [6.45, 7) is 4.75. The molecule has 1 heterocycles. The van der Waals surface area contributed by atoms with Crippen molar-refractivity contribution in [3.8, 4) is 5.75 Å². The lowest BCUT2D eigenvalue weighted by Crippen LogP contribution is -2.44. The lowest BCUT2D eigenvalue weighted by molar-refractivity contribution is 0.0156. The van der Waals surface area contributed by atoms with Crippen molar-refractivity contribution in [1.29, 1.82) is 0 Å². The third kappa shape index (κ3) is 4.00. The van der Waals surface area contributed by atoms with Gasteiger partial charge in [0.25, 0.3) is 0 Å². The first-order valence-corrected chi connectivity index (χ1v) is 8.56. The normalized spacial score (nSPS) is 21.9. The van der Waals surface area contributed by atoms with Gasteiger partial charge in [-0.15, -0.1) is 0 Å². The summed E-state index contributed by atoms with van der Waals surface area (Å²) in [6.07, 6.45) is 5.42. The minimum atomic E-state index is 0.426. The van der Waals surface area contributed by atoms with E-state index in [-0.39, 0.29) is 0 Å². The molecule has 1 saturated heterocycles. The second-order valence-corrected chi connectivity index (χ2v) is 6.33. The van der Waals surface area contributed by atoms with E-state index in [9.17, 15) is 0 Å². The van der Waals surface area contributed by atoms with Crippen LogP contribution in [0.1, 0.15) is 37.3 Å². The van der Waals surface area contributed by atoms with Gasteiger partial charge < -0.3 is 14.8 Å². The molecule has 4 heteroatoms. The average Bonchev–Trinajstić information content (AvgIpc) is 3.10. The van der Waals surface area contributed by atoms with Gasteiger partial charge in [-0.2, -0.15) is 0 Å². The van der Waals surface area contributed by atoms with Gasteiger partial charge in [-0.3, -0.25) is 4.90 Å². The maximum Gasteiger partial charge on any atom is 0.118 e. The highest BCUT2D eigenvalue weighted by Crippen LogP contribution is 2.25. The quantitative estimate of drug-likeness (QED) is 0.876. The van der Waals surface area contributed by atoms with Crippen LogP contribution in [0, 0.1) is 0 Å². The van der Waals surface area contributed by atoms with E-state index in [0.717, 1.165) is 38.6 Å². The Hall–Kier alpha value is -1.10. The fraction of sp³-hybridized carbons (Fsp3) is 0.667. The standard InChI is InChI=1S/C18H28N2O2/c1-21-17-8-6-15(7-9-17)18(20-10-12-22-13-11-20)14-19-16-4-2-3-5-16/h6-9,16,18-19H,2-5,10-14H2,1H3. The Morgan fingerprint density at radius 1 is 1.18 bits per heavy atom. The molecule has 122 valence electrons. The Morgan fingerprint density at radius 3 is 2.50 bits per heavy atom. The van der Waals surface area contributed by atoms with Crippen LogP contribution < -0.4 is 10.1 Å². The van der Waals surface area contributed by atoms with Crippen LogP contribution in [0.25, 0.3) is 0 Å². The third-order valence-corrected chi connectivity index (χ3v) is 4.94. The first kappa shape index (κ1) is 15.8.